The molecule has 126 valence electrons. The summed E-state index contributed by atoms with van der Waals surface area (Å²) in [6.07, 6.45) is 3.53. The molecule has 0 aliphatic carbocycles. The van der Waals surface area contributed by atoms with Gasteiger partial charge in [0.15, 0.2) is 0 Å². The second-order valence-corrected chi connectivity index (χ2v) is 6.81. The highest BCUT2D eigenvalue weighted by Gasteiger charge is 2.54. The Kier molecular flexibility index (Phi) is 5.81. The monoisotopic (exact) mass is 311 g/mol. The summed E-state index contributed by atoms with van der Waals surface area (Å²) < 4.78 is 5.03. The van der Waals surface area contributed by atoms with Gasteiger partial charge in [0, 0.05) is 7.11 Å². The van der Waals surface area contributed by atoms with Crippen LogP contribution >= 0.6 is 0 Å². The highest BCUT2D eigenvalue weighted by atomic mass is 16.5. The van der Waals surface area contributed by atoms with Crippen LogP contribution in [0.1, 0.15) is 39.5 Å². The van der Waals surface area contributed by atoms with Crippen LogP contribution in [0.5, 0.6) is 0 Å². The molecule has 6 nitrogen and oxygen atoms in total. The standard InChI is InChI=1S/C16H29N3O3/c1-12(2)4-7-16(13-5-8-17-9-6-13)14(20)19(10-11-22-3)15(21)18-16/h12-13,17H,4-11H2,1-3H3,(H,18,21)/t16-/m0/s1. The molecule has 2 fully saturated rings. The van der Waals surface area contributed by atoms with Crippen molar-refractivity contribution in [2.75, 3.05) is 33.4 Å². The molecule has 0 aromatic rings. The Labute approximate surface area is 132 Å². The third kappa shape index (κ3) is 3.43. The number of amides is 3. The van der Waals surface area contributed by atoms with Crippen LogP contribution in [-0.4, -0.2) is 55.7 Å². The molecule has 2 saturated heterocycles. The number of nitrogens with zero attached hydrogens (tertiary/aromatic N) is 1. The Hall–Kier alpha value is -1.14. The molecule has 1 atom stereocenters. The summed E-state index contributed by atoms with van der Waals surface area (Å²) in [4.78, 5) is 26.7. The minimum Gasteiger partial charge on any atom is -0.383 e. The lowest BCUT2D eigenvalue weighted by Gasteiger charge is -2.38. The van der Waals surface area contributed by atoms with E-state index in [4.69, 9.17) is 4.74 Å². The molecule has 2 aliphatic rings. The van der Waals surface area contributed by atoms with Gasteiger partial charge in [0.1, 0.15) is 5.54 Å². The van der Waals surface area contributed by atoms with E-state index in [1.165, 1.54) is 4.90 Å². The van der Waals surface area contributed by atoms with Crippen molar-refractivity contribution in [2.45, 2.75) is 45.1 Å². The van der Waals surface area contributed by atoms with Gasteiger partial charge in [-0.2, -0.15) is 0 Å². The maximum Gasteiger partial charge on any atom is 0.325 e. The molecular weight excluding hydrogens is 282 g/mol. The summed E-state index contributed by atoms with van der Waals surface area (Å²) >= 11 is 0. The largest absolute Gasteiger partial charge is 0.383 e. The van der Waals surface area contributed by atoms with Crippen molar-refractivity contribution in [3.63, 3.8) is 0 Å². The number of nitrogens with one attached hydrogen (secondary N) is 2. The van der Waals surface area contributed by atoms with Crippen molar-refractivity contribution in [1.29, 1.82) is 0 Å². The molecule has 0 aromatic heterocycles. The number of rotatable bonds is 7. The molecular formula is C16H29N3O3. The molecule has 0 unspecified atom stereocenters. The smallest absolute Gasteiger partial charge is 0.325 e. The van der Waals surface area contributed by atoms with Crippen LogP contribution in [0.3, 0.4) is 0 Å². The zero-order valence-electron chi connectivity index (χ0n) is 14.0. The number of imide groups is 1. The Bertz CT molecular complexity index is 407. The molecule has 6 heteroatoms. The van der Waals surface area contributed by atoms with Crippen molar-refractivity contribution in [3.8, 4) is 0 Å². The SMILES string of the molecule is COCCN1C(=O)N[C@@](CCC(C)C)(C2CCNCC2)C1=O. The van der Waals surface area contributed by atoms with E-state index in [1.54, 1.807) is 7.11 Å². The predicted octanol–water partition coefficient (Wildman–Crippen LogP) is 1.36. The van der Waals surface area contributed by atoms with Crippen molar-refractivity contribution in [2.24, 2.45) is 11.8 Å². The Morgan fingerprint density at radius 3 is 2.59 bits per heavy atom. The molecule has 0 radical (unpaired) electrons. The van der Waals surface area contributed by atoms with Crippen LogP contribution in [0.15, 0.2) is 0 Å². The lowest BCUT2D eigenvalue weighted by molar-refractivity contribution is -0.134. The van der Waals surface area contributed by atoms with Crippen molar-refractivity contribution in [3.05, 3.63) is 0 Å². The first-order valence-corrected chi connectivity index (χ1v) is 8.35. The zero-order chi connectivity index (χ0) is 16.2. The van der Waals surface area contributed by atoms with Crippen LogP contribution in [-0.2, 0) is 9.53 Å². The summed E-state index contributed by atoms with van der Waals surface area (Å²) in [6, 6.07) is -0.260. The van der Waals surface area contributed by atoms with E-state index in [1.807, 2.05) is 0 Å². The summed E-state index contributed by atoms with van der Waals surface area (Å²) in [5.74, 6) is 0.676. The fraction of sp³-hybridized carbons (Fsp3) is 0.875. The number of ether oxygens (including phenoxy) is 1. The normalized spacial score (nSPS) is 26.8. The minimum absolute atomic E-state index is 0.0536. The Morgan fingerprint density at radius 1 is 1.32 bits per heavy atom. The molecule has 3 amide bonds. The average molecular weight is 311 g/mol. The van der Waals surface area contributed by atoms with E-state index in [0.29, 0.717) is 19.1 Å². The maximum atomic E-state index is 13.0. The number of urea groups is 1. The quantitative estimate of drug-likeness (QED) is 0.697. The van der Waals surface area contributed by atoms with Crippen molar-refractivity contribution < 1.29 is 14.3 Å². The van der Waals surface area contributed by atoms with Crippen LogP contribution in [0.2, 0.25) is 0 Å². The maximum absolute atomic E-state index is 13.0. The van der Waals surface area contributed by atoms with E-state index >= 15 is 0 Å². The third-order valence-corrected chi connectivity index (χ3v) is 4.87. The molecule has 22 heavy (non-hydrogen) atoms. The van der Waals surface area contributed by atoms with Crippen LogP contribution in [0, 0.1) is 11.8 Å². The van der Waals surface area contributed by atoms with Crippen molar-refractivity contribution in [1.82, 2.24) is 15.5 Å². The number of hydrogen-bond donors (Lipinski definition) is 2. The van der Waals surface area contributed by atoms with Gasteiger partial charge in [-0.05, 0) is 50.6 Å². The highest BCUT2D eigenvalue weighted by molar-refractivity contribution is 6.07. The summed E-state index contributed by atoms with van der Waals surface area (Å²) in [5.41, 5.74) is -0.711. The topological polar surface area (TPSA) is 70.7 Å². The van der Waals surface area contributed by atoms with E-state index in [2.05, 4.69) is 24.5 Å². The van der Waals surface area contributed by atoms with Gasteiger partial charge in [-0.3, -0.25) is 9.69 Å². The van der Waals surface area contributed by atoms with E-state index in [-0.39, 0.29) is 17.9 Å². The van der Waals surface area contributed by atoms with E-state index in [0.717, 1.165) is 38.8 Å². The van der Waals surface area contributed by atoms with Crippen LogP contribution in [0.4, 0.5) is 4.79 Å². The molecule has 2 rings (SSSR count). The van der Waals surface area contributed by atoms with Gasteiger partial charge in [0.05, 0.1) is 13.2 Å². The average Bonchev–Trinajstić information content (AvgIpc) is 2.76. The van der Waals surface area contributed by atoms with Crippen LogP contribution < -0.4 is 10.6 Å². The summed E-state index contributed by atoms with van der Waals surface area (Å²) in [5, 5.41) is 6.39. The molecule has 2 N–H and O–H groups in total. The van der Waals surface area contributed by atoms with E-state index < -0.39 is 5.54 Å². The molecule has 0 bridgehead atoms. The number of methoxy groups -OCH3 is 1. The number of piperidine rings is 1. The summed E-state index contributed by atoms with van der Waals surface area (Å²) in [6.45, 7) is 6.84. The van der Waals surface area contributed by atoms with Gasteiger partial charge in [0.25, 0.3) is 5.91 Å². The lowest BCUT2D eigenvalue weighted by atomic mass is 9.74. The lowest BCUT2D eigenvalue weighted by Crippen LogP contribution is -2.56. The highest BCUT2D eigenvalue weighted by Crippen LogP contribution is 2.36. The Morgan fingerprint density at radius 2 is 2.00 bits per heavy atom. The third-order valence-electron chi connectivity index (χ3n) is 4.87. The first-order valence-electron chi connectivity index (χ1n) is 8.35. The van der Waals surface area contributed by atoms with Gasteiger partial charge in [-0.15, -0.1) is 0 Å². The second kappa shape index (κ2) is 7.42. The first kappa shape index (κ1) is 17.2. The van der Waals surface area contributed by atoms with Gasteiger partial charge in [0.2, 0.25) is 0 Å². The number of carbonyl (C=O) groups is 2. The Balaban J connectivity index is 2.20. The first-order chi connectivity index (χ1) is 10.5. The second-order valence-electron chi connectivity index (χ2n) is 6.81. The van der Waals surface area contributed by atoms with Crippen LogP contribution in [0.25, 0.3) is 0 Å². The predicted molar refractivity (Wildman–Crippen MR) is 84.5 cm³/mol. The number of hydrogen-bond acceptors (Lipinski definition) is 4. The molecule has 2 aliphatic heterocycles. The van der Waals surface area contributed by atoms with Gasteiger partial charge in [-0.1, -0.05) is 13.8 Å². The molecule has 0 aromatic carbocycles. The van der Waals surface area contributed by atoms with Crippen molar-refractivity contribution >= 4 is 11.9 Å². The van der Waals surface area contributed by atoms with E-state index in [9.17, 15) is 9.59 Å². The van der Waals surface area contributed by atoms with Gasteiger partial charge < -0.3 is 15.4 Å². The fourth-order valence-electron chi connectivity index (χ4n) is 3.51. The zero-order valence-corrected chi connectivity index (χ0v) is 14.0. The van der Waals surface area contributed by atoms with Gasteiger partial charge >= 0.3 is 6.03 Å². The molecule has 0 saturated carbocycles. The molecule has 2 heterocycles. The fourth-order valence-corrected chi connectivity index (χ4v) is 3.51. The molecule has 0 spiro atoms. The minimum atomic E-state index is -0.711. The van der Waals surface area contributed by atoms with Gasteiger partial charge in [-0.25, -0.2) is 4.79 Å². The number of carbonyl (C=O) groups excluding carboxylic acids is 2. The summed E-state index contributed by atoms with van der Waals surface area (Å²) in [7, 11) is 1.58.